The van der Waals surface area contributed by atoms with Crippen LogP contribution in [0.25, 0.3) is 22.9 Å². The van der Waals surface area contributed by atoms with Gasteiger partial charge in [-0.1, -0.05) is 23.9 Å². The Balaban J connectivity index is 1.43. The van der Waals surface area contributed by atoms with Crippen LogP contribution in [0.5, 0.6) is 11.5 Å². The van der Waals surface area contributed by atoms with Crippen LogP contribution in [0, 0.1) is 0 Å². The molecule has 0 amide bonds. The molecule has 9 heteroatoms. The molecule has 0 saturated heterocycles. The number of hydrogen-bond donors (Lipinski definition) is 0. The number of ether oxygens (including phenoxy) is 2. The van der Waals surface area contributed by atoms with Crippen LogP contribution in [0.3, 0.4) is 0 Å². The summed E-state index contributed by atoms with van der Waals surface area (Å²) in [6, 6.07) is 14.9. The fourth-order valence-corrected chi connectivity index (χ4v) is 3.08. The van der Waals surface area contributed by atoms with Crippen LogP contribution in [-0.2, 0) is 5.75 Å². The van der Waals surface area contributed by atoms with Crippen LogP contribution in [-0.4, -0.2) is 34.6 Å². The number of benzene rings is 2. The van der Waals surface area contributed by atoms with E-state index in [4.69, 9.17) is 18.3 Å². The highest BCUT2D eigenvalue weighted by Crippen LogP contribution is 2.31. The first kappa shape index (κ1) is 18.1. The van der Waals surface area contributed by atoms with Crippen molar-refractivity contribution in [3.8, 4) is 34.4 Å². The summed E-state index contributed by atoms with van der Waals surface area (Å²) >= 11 is 1.32. The fraction of sp³-hybridized carbons (Fsp3) is 0.158. The van der Waals surface area contributed by atoms with Gasteiger partial charge in [-0.15, -0.1) is 20.4 Å². The molecule has 0 bridgehead atoms. The normalized spacial score (nSPS) is 10.8. The zero-order valence-electron chi connectivity index (χ0n) is 15.2. The number of aromatic nitrogens is 4. The van der Waals surface area contributed by atoms with Gasteiger partial charge in [0.05, 0.1) is 25.5 Å². The molecule has 4 rings (SSSR count). The molecule has 0 saturated carbocycles. The molecule has 142 valence electrons. The lowest BCUT2D eigenvalue weighted by Gasteiger charge is -2.03. The van der Waals surface area contributed by atoms with Crippen molar-refractivity contribution >= 4 is 11.8 Å². The van der Waals surface area contributed by atoms with Crippen LogP contribution in [0.15, 0.2) is 62.6 Å². The second-order valence-electron chi connectivity index (χ2n) is 5.59. The molecule has 8 nitrogen and oxygen atoms in total. The number of hydrogen-bond acceptors (Lipinski definition) is 9. The minimum Gasteiger partial charge on any atom is -0.497 e. The Labute approximate surface area is 164 Å². The highest BCUT2D eigenvalue weighted by atomic mass is 32.2. The molecule has 4 aromatic rings. The van der Waals surface area contributed by atoms with Gasteiger partial charge < -0.3 is 18.3 Å². The first-order chi connectivity index (χ1) is 13.8. The van der Waals surface area contributed by atoms with E-state index in [0.717, 1.165) is 16.9 Å². The van der Waals surface area contributed by atoms with E-state index in [1.807, 2.05) is 48.5 Å². The number of nitrogens with zero attached hydrogens (tertiary/aromatic N) is 4. The summed E-state index contributed by atoms with van der Waals surface area (Å²) in [6.07, 6.45) is 0. The quantitative estimate of drug-likeness (QED) is 0.428. The predicted octanol–water partition coefficient (Wildman–Crippen LogP) is 4.10. The molecule has 2 aromatic heterocycles. The first-order valence-electron chi connectivity index (χ1n) is 8.33. The maximum atomic E-state index is 5.71. The summed E-state index contributed by atoms with van der Waals surface area (Å²) in [4.78, 5) is 0. The van der Waals surface area contributed by atoms with Gasteiger partial charge in [0.1, 0.15) is 11.5 Å². The maximum absolute atomic E-state index is 5.71. The van der Waals surface area contributed by atoms with Crippen molar-refractivity contribution in [1.82, 2.24) is 20.4 Å². The summed E-state index contributed by atoms with van der Waals surface area (Å²) in [5.74, 6) is 3.15. The third kappa shape index (κ3) is 3.84. The van der Waals surface area contributed by atoms with E-state index >= 15 is 0 Å². The molecule has 28 heavy (non-hydrogen) atoms. The molecule has 2 heterocycles. The molecule has 2 aromatic carbocycles. The summed E-state index contributed by atoms with van der Waals surface area (Å²) in [6.45, 7) is 0. The summed E-state index contributed by atoms with van der Waals surface area (Å²) in [5.41, 5.74) is 1.56. The third-order valence-electron chi connectivity index (χ3n) is 3.87. The number of methoxy groups -OCH3 is 2. The van der Waals surface area contributed by atoms with Crippen molar-refractivity contribution < 1.29 is 18.3 Å². The monoisotopic (exact) mass is 396 g/mol. The lowest BCUT2D eigenvalue weighted by Crippen LogP contribution is -1.87. The molecule has 0 atom stereocenters. The predicted molar refractivity (Wildman–Crippen MR) is 102 cm³/mol. The van der Waals surface area contributed by atoms with Crippen molar-refractivity contribution in [2.75, 3.05) is 14.2 Å². The number of para-hydroxylation sites is 1. The van der Waals surface area contributed by atoms with Gasteiger partial charge in [0.25, 0.3) is 11.1 Å². The SMILES string of the molecule is COc1ccc(-c2nnc(CSc3nnc(-c4ccccc4OC)o3)o2)cc1. The number of rotatable bonds is 7. The van der Waals surface area contributed by atoms with Gasteiger partial charge in [0.15, 0.2) is 0 Å². The third-order valence-corrected chi connectivity index (χ3v) is 4.67. The van der Waals surface area contributed by atoms with Crippen LogP contribution in [0.1, 0.15) is 5.89 Å². The van der Waals surface area contributed by atoms with Crippen molar-refractivity contribution in [1.29, 1.82) is 0 Å². The zero-order valence-corrected chi connectivity index (χ0v) is 16.0. The van der Waals surface area contributed by atoms with E-state index in [9.17, 15) is 0 Å². The van der Waals surface area contributed by atoms with Crippen LogP contribution in [0.4, 0.5) is 0 Å². The van der Waals surface area contributed by atoms with E-state index in [-0.39, 0.29) is 0 Å². The zero-order chi connectivity index (χ0) is 19.3. The van der Waals surface area contributed by atoms with Gasteiger partial charge in [0, 0.05) is 5.56 Å². The molecule has 0 fully saturated rings. The Morgan fingerprint density at radius 2 is 1.61 bits per heavy atom. The lowest BCUT2D eigenvalue weighted by molar-refractivity contribution is 0.411. The average Bonchev–Trinajstić information content (AvgIpc) is 3.42. The van der Waals surface area contributed by atoms with Crippen LogP contribution >= 0.6 is 11.8 Å². The lowest BCUT2D eigenvalue weighted by atomic mass is 10.2. The van der Waals surface area contributed by atoms with Crippen LogP contribution in [0.2, 0.25) is 0 Å². The molecular weight excluding hydrogens is 380 g/mol. The van der Waals surface area contributed by atoms with Gasteiger partial charge in [-0.05, 0) is 36.4 Å². The van der Waals surface area contributed by atoms with Crippen LogP contribution < -0.4 is 9.47 Å². The van der Waals surface area contributed by atoms with Gasteiger partial charge in [0.2, 0.25) is 11.8 Å². The fourth-order valence-electron chi connectivity index (χ4n) is 2.48. The molecule has 0 radical (unpaired) electrons. The summed E-state index contributed by atoms with van der Waals surface area (Å²) in [7, 11) is 3.22. The Morgan fingerprint density at radius 1 is 0.821 bits per heavy atom. The number of thioether (sulfide) groups is 1. The van der Waals surface area contributed by atoms with Gasteiger partial charge in [-0.3, -0.25) is 0 Å². The standard InChI is InChI=1S/C19H16N4O4S/c1-24-13-9-7-12(8-10-13)17-21-20-16(26-17)11-28-19-23-22-18(27-19)14-5-3-4-6-15(14)25-2/h3-10H,11H2,1-2H3. The molecule has 0 aliphatic carbocycles. The molecule has 0 unspecified atom stereocenters. The Morgan fingerprint density at radius 3 is 2.39 bits per heavy atom. The molecule has 0 aliphatic heterocycles. The van der Waals surface area contributed by atoms with Crippen molar-refractivity contribution in [3.05, 3.63) is 54.4 Å². The van der Waals surface area contributed by atoms with E-state index in [1.165, 1.54) is 11.8 Å². The van der Waals surface area contributed by atoms with E-state index in [2.05, 4.69) is 20.4 Å². The minimum absolute atomic E-state index is 0.393. The molecule has 0 N–H and O–H groups in total. The molecule has 0 aliphatic rings. The van der Waals surface area contributed by atoms with E-state index in [0.29, 0.717) is 34.4 Å². The van der Waals surface area contributed by atoms with Crippen molar-refractivity contribution in [3.63, 3.8) is 0 Å². The van der Waals surface area contributed by atoms with Crippen molar-refractivity contribution in [2.45, 2.75) is 11.0 Å². The Bertz CT molecular complexity index is 1060. The second kappa shape index (κ2) is 8.13. The van der Waals surface area contributed by atoms with Gasteiger partial charge >= 0.3 is 0 Å². The largest absolute Gasteiger partial charge is 0.497 e. The summed E-state index contributed by atoms with van der Waals surface area (Å²) < 4.78 is 21.9. The van der Waals surface area contributed by atoms with Gasteiger partial charge in [-0.2, -0.15) is 0 Å². The maximum Gasteiger partial charge on any atom is 0.277 e. The van der Waals surface area contributed by atoms with E-state index in [1.54, 1.807) is 14.2 Å². The Hall–Kier alpha value is -3.33. The topological polar surface area (TPSA) is 96.3 Å². The Kier molecular flexibility index (Phi) is 5.24. The highest BCUT2D eigenvalue weighted by Gasteiger charge is 2.15. The first-order valence-corrected chi connectivity index (χ1v) is 9.32. The van der Waals surface area contributed by atoms with Gasteiger partial charge in [-0.25, -0.2) is 0 Å². The minimum atomic E-state index is 0.393. The van der Waals surface area contributed by atoms with Crippen molar-refractivity contribution in [2.24, 2.45) is 0 Å². The summed E-state index contributed by atoms with van der Waals surface area (Å²) in [5, 5.41) is 16.7. The highest BCUT2D eigenvalue weighted by molar-refractivity contribution is 7.98. The second-order valence-corrected chi connectivity index (χ2v) is 6.52. The smallest absolute Gasteiger partial charge is 0.277 e. The van der Waals surface area contributed by atoms with E-state index < -0.39 is 0 Å². The molecular formula is C19H16N4O4S. The molecule has 0 spiro atoms. The average molecular weight is 396 g/mol.